The Balaban J connectivity index is 1.50. The first-order valence-electron chi connectivity index (χ1n) is 8.80. The fourth-order valence-electron chi connectivity index (χ4n) is 3.54. The molecule has 0 amide bonds. The molecule has 2 atom stereocenters. The highest BCUT2D eigenvalue weighted by molar-refractivity contribution is 5.68. The zero-order chi connectivity index (χ0) is 17.6. The number of hydrogen-bond donors (Lipinski definition) is 2. The molecule has 1 aromatic carbocycles. The molecule has 3 rings (SSSR count). The topological polar surface area (TPSA) is 71.0 Å². The number of hydrogen-bond acceptors (Lipinski definition) is 5. The van der Waals surface area contributed by atoms with E-state index in [1.165, 1.54) is 6.07 Å². The lowest BCUT2D eigenvalue weighted by molar-refractivity contribution is -0.148. The van der Waals surface area contributed by atoms with Crippen LogP contribution in [-0.2, 0) is 14.3 Å². The summed E-state index contributed by atoms with van der Waals surface area (Å²) in [7, 11) is 0. The molecule has 2 fully saturated rings. The molecule has 138 valence electrons. The highest BCUT2D eigenvalue weighted by atomic mass is 19.1. The summed E-state index contributed by atoms with van der Waals surface area (Å²) in [5.74, 6) is -1.15. The first kappa shape index (κ1) is 18.1. The minimum Gasteiger partial charge on any atom is -0.480 e. The maximum Gasteiger partial charge on any atom is 0.329 e. The summed E-state index contributed by atoms with van der Waals surface area (Å²) in [5.41, 5.74) is 0.662. The number of piperidine rings is 1. The lowest BCUT2D eigenvalue weighted by Gasteiger charge is -2.39. The Morgan fingerprint density at radius 3 is 2.80 bits per heavy atom. The quantitative estimate of drug-likeness (QED) is 0.811. The highest BCUT2D eigenvalue weighted by Crippen LogP contribution is 2.24. The Kier molecular flexibility index (Phi) is 6.23. The average molecular weight is 352 g/mol. The summed E-state index contributed by atoms with van der Waals surface area (Å²) in [6.45, 7) is 2.35. The standard InChI is InChI=1S/C18H25FN2O4/c19-14-3-1-2-4-16(14)21-8-5-13(6-9-21)20-15-7-10-24-11-17(15)25-12-18(22)23/h1-4,13,15,17,20H,5-12H2,(H,22,23)/t15-,17-/m1/s1. The van der Waals surface area contributed by atoms with E-state index in [1.54, 1.807) is 6.07 Å². The summed E-state index contributed by atoms with van der Waals surface area (Å²) >= 11 is 0. The van der Waals surface area contributed by atoms with Gasteiger partial charge in [0.1, 0.15) is 12.4 Å². The molecule has 2 aliphatic rings. The predicted molar refractivity (Wildman–Crippen MR) is 91.4 cm³/mol. The van der Waals surface area contributed by atoms with E-state index in [0.717, 1.165) is 32.4 Å². The number of aliphatic carboxylic acids is 1. The Bertz CT molecular complexity index is 578. The van der Waals surface area contributed by atoms with Gasteiger partial charge < -0.3 is 24.8 Å². The first-order chi connectivity index (χ1) is 12.1. The van der Waals surface area contributed by atoms with Gasteiger partial charge in [0.05, 0.1) is 18.4 Å². The number of nitrogens with zero attached hydrogens (tertiary/aromatic N) is 1. The van der Waals surface area contributed by atoms with E-state index in [9.17, 15) is 9.18 Å². The summed E-state index contributed by atoms with van der Waals surface area (Å²) < 4.78 is 24.8. The minimum absolute atomic E-state index is 0.0955. The molecule has 0 aliphatic carbocycles. The molecule has 0 saturated carbocycles. The molecule has 0 radical (unpaired) electrons. The number of carbonyl (C=O) groups is 1. The van der Waals surface area contributed by atoms with Gasteiger partial charge in [0.15, 0.2) is 0 Å². The SMILES string of the molecule is O=C(O)CO[C@@H]1COCC[C@H]1NC1CCN(c2ccccc2F)CC1. The van der Waals surface area contributed by atoms with Crippen LogP contribution in [0.5, 0.6) is 0 Å². The Labute approximate surface area is 146 Å². The van der Waals surface area contributed by atoms with E-state index >= 15 is 0 Å². The molecule has 0 bridgehead atoms. The van der Waals surface area contributed by atoms with Gasteiger partial charge in [-0.1, -0.05) is 12.1 Å². The van der Waals surface area contributed by atoms with Gasteiger partial charge in [-0.15, -0.1) is 0 Å². The molecule has 0 aromatic heterocycles. The third-order valence-electron chi connectivity index (χ3n) is 4.86. The van der Waals surface area contributed by atoms with Crippen molar-refractivity contribution in [2.75, 3.05) is 37.8 Å². The monoisotopic (exact) mass is 352 g/mol. The molecule has 2 saturated heterocycles. The van der Waals surface area contributed by atoms with Gasteiger partial charge in [0.2, 0.25) is 0 Å². The molecular weight excluding hydrogens is 327 g/mol. The van der Waals surface area contributed by atoms with E-state index < -0.39 is 5.97 Å². The van der Waals surface area contributed by atoms with Gasteiger partial charge in [0, 0.05) is 31.8 Å². The minimum atomic E-state index is -0.970. The Hall–Kier alpha value is -1.70. The second-order valence-electron chi connectivity index (χ2n) is 6.59. The number of ether oxygens (including phenoxy) is 2. The van der Waals surface area contributed by atoms with Crippen LogP contribution in [0.2, 0.25) is 0 Å². The van der Waals surface area contributed by atoms with Crippen molar-refractivity contribution in [3.8, 4) is 0 Å². The number of halogens is 1. The van der Waals surface area contributed by atoms with Crippen LogP contribution in [-0.4, -0.2) is 62.2 Å². The maximum absolute atomic E-state index is 13.9. The van der Waals surface area contributed by atoms with Crippen molar-refractivity contribution in [2.45, 2.75) is 37.5 Å². The van der Waals surface area contributed by atoms with E-state index in [-0.39, 0.29) is 24.6 Å². The number of carboxylic acids is 1. The molecule has 2 heterocycles. The van der Waals surface area contributed by atoms with Crippen LogP contribution in [0.1, 0.15) is 19.3 Å². The van der Waals surface area contributed by atoms with Crippen LogP contribution in [0.15, 0.2) is 24.3 Å². The second kappa shape index (κ2) is 8.60. The van der Waals surface area contributed by atoms with Crippen LogP contribution in [0.25, 0.3) is 0 Å². The third-order valence-corrected chi connectivity index (χ3v) is 4.86. The van der Waals surface area contributed by atoms with Crippen LogP contribution >= 0.6 is 0 Å². The summed E-state index contributed by atoms with van der Waals surface area (Å²) in [4.78, 5) is 12.8. The van der Waals surface area contributed by atoms with Crippen molar-refractivity contribution >= 4 is 11.7 Å². The second-order valence-corrected chi connectivity index (χ2v) is 6.59. The molecule has 25 heavy (non-hydrogen) atoms. The lowest BCUT2D eigenvalue weighted by atomic mass is 9.99. The van der Waals surface area contributed by atoms with Gasteiger partial charge in [-0.25, -0.2) is 9.18 Å². The molecule has 2 aliphatic heterocycles. The molecule has 6 nitrogen and oxygen atoms in total. The first-order valence-corrected chi connectivity index (χ1v) is 8.80. The van der Waals surface area contributed by atoms with Crippen molar-refractivity contribution in [1.82, 2.24) is 5.32 Å². The largest absolute Gasteiger partial charge is 0.480 e. The highest BCUT2D eigenvalue weighted by Gasteiger charge is 2.30. The zero-order valence-corrected chi connectivity index (χ0v) is 14.2. The van der Waals surface area contributed by atoms with Crippen molar-refractivity contribution in [3.05, 3.63) is 30.1 Å². The van der Waals surface area contributed by atoms with E-state index in [1.807, 2.05) is 12.1 Å². The predicted octanol–water partition coefficient (Wildman–Crippen LogP) is 1.64. The average Bonchev–Trinajstić information content (AvgIpc) is 2.62. The fourth-order valence-corrected chi connectivity index (χ4v) is 3.54. The Morgan fingerprint density at radius 1 is 1.32 bits per heavy atom. The van der Waals surface area contributed by atoms with Crippen molar-refractivity contribution in [1.29, 1.82) is 0 Å². The van der Waals surface area contributed by atoms with Crippen molar-refractivity contribution in [2.24, 2.45) is 0 Å². The number of anilines is 1. The van der Waals surface area contributed by atoms with Crippen LogP contribution < -0.4 is 10.2 Å². The lowest BCUT2D eigenvalue weighted by Crippen LogP contribution is -2.54. The third kappa shape index (κ3) is 4.90. The molecule has 0 unspecified atom stereocenters. The van der Waals surface area contributed by atoms with Crippen LogP contribution in [0.4, 0.5) is 10.1 Å². The summed E-state index contributed by atoms with van der Waals surface area (Å²) in [6, 6.07) is 7.29. The van der Waals surface area contributed by atoms with Crippen LogP contribution in [0, 0.1) is 5.82 Å². The van der Waals surface area contributed by atoms with Crippen LogP contribution in [0.3, 0.4) is 0 Å². The van der Waals surface area contributed by atoms with Crippen molar-refractivity contribution < 1.29 is 23.8 Å². The number of nitrogens with one attached hydrogen (secondary N) is 1. The number of carboxylic acid groups (broad SMARTS) is 1. The normalized spacial score (nSPS) is 25.1. The number of rotatable bonds is 6. The van der Waals surface area contributed by atoms with E-state index in [0.29, 0.717) is 24.9 Å². The molecule has 7 heteroatoms. The maximum atomic E-state index is 13.9. The van der Waals surface area contributed by atoms with Gasteiger partial charge in [-0.3, -0.25) is 0 Å². The smallest absolute Gasteiger partial charge is 0.329 e. The Morgan fingerprint density at radius 2 is 2.08 bits per heavy atom. The van der Waals surface area contributed by atoms with Gasteiger partial charge in [0.25, 0.3) is 0 Å². The van der Waals surface area contributed by atoms with Crippen molar-refractivity contribution in [3.63, 3.8) is 0 Å². The van der Waals surface area contributed by atoms with Gasteiger partial charge >= 0.3 is 5.97 Å². The molecule has 1 aromatic rings. The molecular formula is C18H25FN2O4. The van der Waals surface area contributed by atoms with Gasteiger partial charge in [-0.2, -0.15) is 0 Å². The summed E-state index contributed by atoms with van der Waals surface area (Å²) in [6.07, 6.45) is 2.39. The molecule has 2 N–H and O–H groups in total. The summed E-state index contributed by atoms with van der Waals surface area (Å²) in [5, 5.41) is 12.4. The molecule has 0 spiro atoms. The zero-order valence-electron chi connectivity index (χ0n) is 14.2. The van der Waals surface area contributed by atoms with E-state index in [4.69, 9.17) is 14.6 Å². The van der Waals surface area contributed by atoms with E-state index in [2.05, 4.69) is 10.2 Å². The fraction of sp³-hybridized carbons (Fsp3) is 0.611. The van der Waals surface area contributed by atoms with Gasteiger partial charge in [-0.05, 0) is 31.4 Å². The number of para-hydroxylation sites is 1. The number of benzene rings is 1.